The second kappa shape index (κ2) is 5.47. The van der Waals surface area contributed by atoms with Crippen LogP contribution in [0.1, 0.15) is 19.3 Å². The first kappa shape index (κ1) is 11.6. The van der Waals surface area contributed by atoms with E-state index in [4.69, 9.17) is 5.73 Å². The van der Waals surface area contributed by atoms with Crippen molar-refractivity contribution in [1.82, 2.24) is 14.9 Å². The number of nitrogens with one attached hydrogen (secondary N) is 1. The molecule has 2 heterocycles. The van der Waals surface area contributed by atoms with Gasteiger partial charge in [-0.3, -0.25) is 4.79 Å². The van der Waals surface area contributed by atoms with Gasteiger partial charge in [-0.2, -0.15) is 0 Å². The molecule has 0 aliphatic carbocycles. The van der Waals surface area contributed by atoms with Crippen molar-refractivity contribution in [3.8, 4) is 0 Å². The van der Waals surface area contributed by atoms with E-state index in [-0.39, 0.29) is 5.91 Å². The molecule has 3 N–H and O–H groups in total. The van der Waals surface area contributed by atoms with E-state index < -0.39 is 0 Å². The lowest BCUT2D eigenvalue weighted by Crippen LogP contribution is -2.27. The van der Waals surface area contributed by atoms with Crippen LogP contribution in [0.5, 0.6) is 0 Å². The van der Waals surface area contributed by atoms with Crippen LogP contribution in [0.25, 0.3) is 0 Å². The summed E-state index contributed by atoms with van der Waals surface area (Å²) in [6, 6.07) is 1.70. The zero-order valence-electron chi connectivity index (χ0n) is 9.72. The standard InChI is InChI=1S/C11H17N5O/c12-9-7-10(15-8-14-9)13-4-2-6-16-5-1-3-11(16)17/h7-8H,1-6H2,(H3,12,13,14,15). The molecule has 0 aromatic carbocycles. The maximum atomic E-state index is 11.4. The highest BCUT2D eigenvalue weighted by Crippen LogP contribution is 2.10. The lowest BCUT2D eigenvalue weighted by Gasteiger charge is -2.15. The van der Waals surface area contributed by atoms with Crippen molar-refractivity contribution in [3.05, 3.63) is 12.4 Å². The summed E-state index contributed by atoms with van der Waals surface area (Å²) in [6.07, 6.45) is 4.04. The van der Waals surface area contributed by atoms with Crippen LogP contribution >= 0.6 is 0 Å². The van der Waals surface area contributed by atoms with Crippen LogP contribution in [-0.4, -0.2) is 40.4 Å². The van der Waals surface area contributed by atoms with Gasteiger partial charge in [0.15, 0.2) is 0 Å². The average Bonchev–Trinajstić information content (AvgIpc) is 2.71. The van der Waals surface area contributed by atoms with Crippen LogP contribution in [0.4, 0.5) is 11.6 Å². The Kier molecular flexibility index (Phi) is 3.74. The topological polar surface area (TPSA) is 84.1 Å². The van der Waals surface area contributed by atoms with E-state index in [1.54, 1.807) is 6.07 Å². The van der Waals surface area contributed by atoms with Crippen LogP contribution < -0.4 is 11.1 Å². The normalized spacial score (nSPS) is 15.3. The smallest absolute Gasteiger partial charge is 0.222 e. The van der Waals surface area contributed by atoms with Gasteiger partial charge in [0.25, 0.3) is 0 Å². The summed E-state index contributed by atoms with van der Waals surface area (Å²) < 4.78 is 0. The Morgan fingerprint density at radius 1 is 1.47 bits per heavy atom. The van der Waals surface area contributed by atoms with E-state index in [9.17, 15) is 4.79 Å². The van der Waals surface area contributed by atoms with Crippen LogP contribution in [0.3, 0.4) is 0 Å². The van der Waals surface area contributed by atoms with Crippen molar-refractivity contribution in [3.63, 3.8) is 0 Å². The summed E-state index contributed by atoms with van der Waals surface area (Å²) in [6.45, 7) is 2.49. The molecule has 0 unspecified atom stereocenters. The molecule has 1 aromatic heterocycles. The first-order chi connectivity index (χ1) is 8.25. The molecule has 2 rings (SSSR count). The number of likely N-dealkylation sites (tertiary alicyclic amines) is 1. The predicted molar refractivity (Wildman–Crippen MR) is 65.4 cm³/mol. The number of amides is 1. The monoisotopic (exact) mass is 235 g/mol. The molecule has 1 saturated heterocycles. The minimum Gasteiger partial charge on any atom is -0.384 e. The third-order valence-corrected chi connectivity index (χ3v) is 2.77. The third kappa shape index (κ3) is 3.30. The zero-order chi connectivity index (χ0) is 12.1. The number of anilines is 2. The summed E-state index contributed by atoms with van der Waals surface area (Å²) in [5.41, 5.74) is 5.54. The van der Waals surface area contributed by atoms with Crippen molar-refractivity contribution in [2.45, 2.75) is 19.3 Å². The minimum absolute atomic E-state index is 0.274. The highest BCUT2D eigenvalue weighted by molar-refractivity contribution is 5.77. The molecule has 0 atom stereocenters. The van der Waals surface area contributed by atoms with Crippen LogP contribution in [-0.2, 0) is 4.79 Å². The number of carbonyl (C=O) groups excluding carboxylic acids is 1. The van der Waals surface area contributed by atoms with Crippen molar-refractivity contribution < 1.29 is 4.79 Å². The van der Waals surface area contributed by atoms with Gasteiger partial charge in [0.2, 0.25) is 5.91 Å². The number of hydrogen-bond acceptors (Lipinski definition) is 5. The van der Waals surface area contributed by atoms with Gasteiger partial charge in [0.1, 0.15) is 18.0 Å². The van der Waals surface area contributed by atoms with Gasteiger partial charge >= 0.3 is 0 Å². The summed E-state index contributed by atoms with van der Waals surface area (Å²) in [5.74, 6) is 1.46. The highest BCUT2D eigenvalue weighted by Gasteiger charge is 2.18. The van der Waals surface area contributed by atoms with E-state index in [1.165, 1.54) is 6.33 Å². The molecule has 6 heteroatoms. The van der Waals surface area contributed by atoms with Gasteiger partial charge < -0.3 is 16.0 Å². The minimum atomic E-state index is 0.274. The van der Waals surface area contributed by atoms with E-state index in [1.807, 2.05) is 4.90 Å². The number of nitrogens with two attached hydrogens (primary N) is 1. The molecular formula is C11H17N5O. The van der Waals surface area contributed by atoms with Gasteiger partial charge in [0, 0.05) is 32.1 Å². The molecule has 1 aliphatic rings. The van der Waals surface area contributed by atoms with Gasteiger partial charge in [-0.05, 0) is 12.8 Å². The predicted octanol–water partition coefficient (Wildman–Crippen LogP) is 0.483. The average molecular weight is 235 g/mol. The first-order valence-corrected chi connectivity index (χ1v) is 5.85. The molecule has 17 heavy (non-hydrogen) atoms. The summed E-state index contributed by atoms with van der Waals surface area (Å²) in [7, 11) is 0. The van der Waals surface area contributed by atoms with Gasteiger partial charge in [0.05, 0.1) is 0 Å². The molecule has 0 bridgehead atoms. The maximum Gasteiger partial charge on any atom is 0.222 e. The summed E-state index contributed by atoms with van der Waals surface area (Å²) >= 11 is 0. The number of aromatic nitrogens is 2. The number of nitrogen functional groups attached to an aromatic ring is 1. The van der Waals surface area contributed by atoms with Crippen LogP contribution in [0, 0.1) is 0 Å². The van der Waals surface area contributed by atoms with Crippen molar-refractivity contribution in [2.75, 3.05) is 30.7 Å². The van der Waals surface area contributed by atoms with E-state index in [0.29, 0.717) is 12.2 Å². The molecule has 1 fully saturated rings. The maximum absolute atomic E-state index is 11.4. The quantitative estimate of drug-likeness (QED) is 0.725. The fourth-order valence-corrected chi connectivity index (χ4v) is 1.90. The Labute approximate surface area is 100 Å². The SMILES string of the molecule is Nc1cc(NCCCN2CCCC2=O)ncn1. The molecule has 1 amide bonds. The second-order valence-electron chi connectivity index (χ2n) is 4.09. The molecule has 1 aromatic rings. The fourth-order valence-electron chi connectivity index (χ4n) is 1.90. The third-order valence-electron chi connectivity index (χ3n) is 2.77. The van der Waals surface area contributed by atoms with Gasteiger partial charge in [-0.1, -0.05) is 0 Å². The molecule has 0 saturated carbocycles. The number of carbonyl (C=O) groups is 1. The molecule has 0 radical (unpaired) electrons. The molecule has 0 spiro atoms. The Bertz CT molecular complexity index is 395. The molecular weight excluding hydrogens is 218 g/mol. The highest BCUT2D eigenvalue weighted by atomic mass is 16.2. The molecule has 92 valence electrons. The Morgan fingerprint density at radius 2 is 2.35 bits per heavy atom. The Hall–Kier alpha value is -1.85. The lowest BCUT2D eigenvalue weighted by molar-refractivity contribution is -0.127. The summed E-state index contributed by atoms with van der Waals surface area (Å²) in [4.78, 5) is 21.1. The van der Waals surface area contributed by atoms with Crippen molar-refractivity contribution >= 4 is 17.5 Å². The number of rotatable bonds is 5. The second-order valence-corrected chi connectivity index (χ2v) is 4.09. The largest absolute Gasteiger partial charge is 0.384 e. The molecule has 6 nitrogen and oxygen atoms in total. The van der Waals surface area contributed by atoms with Crippen molar-refractivity contribution in [1.29, 1.82) is 0 Å². The van der Waals surface area contributed by atoms with Crippen molar-refractivity contribution in [2.24, 2.45) is 0 Å². The van der Waals surface area contributed by atoms with Crippen LogP contribution in [0.2, 0.25) is 0 Å². The lowest BCUT2D eigenvalue weighted by atomic mass is 10.4. The Balaban J connectivity index is 1.68. The zero-order valence-corrected chi connectivity index (χ0v) is 9.72. The summed E-state index contributed by atoms with van der Waals surface area (Å²) in [5, 5.41) is 3.16. The van der Waals surface area contributed by atoms with Gasteiger partial charge in [-0.25, -0.2) is 9.97 Å². The van der Waals surface area contributed by atoms with E-state index in [2.05, 4.69) is 15.3 Å². The number of nitrogens with zero attached hydrogens (tertiary/aromatic N) is 3. The number of hydrogen-bond donors (Lipinski definition) is 2. The Morgan fingerprint density at radius 3 is 3.06 bits per heavy atom. The van der Waals surface area contributed by atoms with E-state index >= 15 is 0 Å². The van der Waals surface area contributed by atoms with Crippen LogP contribution in [0.15, 0.2) is 12.4 Å². The van der Waals surface area contributed by atoms with E-state index in [0.717, 1.165) is 38.3 Å². The van der Waals surface area contributed by atoms with Gasteiger partial charge in [-0.15, -0.1) is 0 Å². The first-order valence-electron chi connectivity index (χ1n) is 5.85. The fraction of sp³-hybridized carbons (Fsp3) is 0.545. The molecule has 1 aliphatic heterocycles.